The maximum Gasteiger partial charge on any atom is 0.233 e. The van der Waals surface area contributed by atoms with Crippen molar-refractivity contribution in [2.45, 2.75) is 13.3 Å². The Balaban J connectivity index is 1.90. The van der Waals surface area contributed by atoms with Crippen LogP contribution in [0.15, 0.2) is 53.0 Å². The summed E-state index contributed by atoms with van der Waals surface area (Å²) in [5, 5.41) is 5.28. The lowest BCUT2D eigenvalue weighted by atomic mass is 10.1. The summed E-state index contributed by atoms with van der Waals surface area (Å²) in [6.45, 7) is 1.47. The van der Waals surface area contributed by atoms with Crippen LogP contribution in [0.25, 0.3) is 0 Å². The molecule has 2 N–H and O–H groups in total. The van der Waals surface area contributed by atoms with Crippen LogP contribution in [0.2, 0.25) is 0 Å². The molecule has 6 heteroatoms. The number of rotatable bonds is 5. The number of amides is 2. The van der Waals surface area contributed by atoms with Gasteiger partial charge in [-0.2, -0.15) is 0 Å². The van der Waals surface area contributed by atoms with Crippen LogP contribution in [-0.4, -0.2) is 17.6 Å². The largest absolute Gasteiger partial charge is 0.326 e. The molecule has 118 valence electrons. The third kappa shape index (κ3) is 5.03. The average molecular weight is 375 g/mol. The fourth-order valence-electron chi connectivity index (χ4n) is 1.90. The molecule has 0 saturated heterocycles. The van der Waals surface area contributed by atoms with E-state index in [2.05, 4.69) is 26.6 Å². The third-order valence-electron chi connectivity index (χ3n) is 3.04. The summed E-state index contributed by atoms with van der Waals surface area (Å²) in [7, 11) is 0. The molecule has 0 heterocycles. The summed E-state index contributed by atoms with van der Waals surface area (Å²) in [5.74, 6) is -0.879. The van der Waals surface area contributed by atoms with E-state index in [1.807, 2.05) is 6.07 Å². The van der Waals surface area contributed by atoms with Gasteiger partial charge in [0.1, 0.15) is 6.42 Å². The third-order valence-corrected chi connectivity index (χ3v) is 3.74. The quantitative estimate of drug-likeness (QED) is 0.619. The number of carbonyl (C=O) groups is 3. The van der Waals surface area contributed by atoms with Crippen molar-refractivity contribution in [3.8, 4) is 0 Å². The molecular formula is C17H15BrN2O3. The minimum absolute atomic E-state index is 0.0457. The van der Waals surface area contributed by atoms with Crippen molar-refractivity contribution >= 4 is 44.9 Å². The Morgan fingerprint density at radius 3 is 2.13 bits per heavy atom. The van der Waals surface area contributed by atoms with Gasteiger partial charge in [-0.3, -0.25) is 14.4 Å². The van der Waals surface area contributed by atoms with E-state index in [4.69, 9.17) is 0 Å². The monoisotopic (exact) mass is 374 g/mol. The molecule has 0 aliphatic rings. The van der Waals surface area contributed by atoms with Crippen molar-refractivity contribution in [2.24, 2.45) is 0 Å². The van der Waals surface area contributed by atoms with E-state index >= 15 is 0 Å². The number of ketones is 1. The highest BCUT2D eigenvalue weighted by atomic mass is 79.9. The molecule has 0 aromatic heterocycles. The van der Waals surface area contributed by atoms with E-state index in [0.29, 0.717) is 16.9 Å². The molecule has 0 bridgehead atoms. The van der Waals surface area contributed by atoms with Gasteiger partial charge in [0, 0.05) is 15.7 Å². The van der Waals surface area contributed by atoms with Gasteiger partial charge in [0.05, 0.1) is 5.69 Å². The lowest BCUT2D eigenvalue weighted by molar-refractivity contribution is -0.123. The Bertz CT molecular complexity index is 742. The van der Waals surface area contributed by atoms with Crippen molar-refractivity contribution in [3.05, 3.63) is 58.6 Å². The SMILES string of the molecule is CC(=O)c1ccc(NC(=O)CC(=O)Nc2ccccc2Br)cc1. The van der Waals surface area contributed by atoms with Crippen LogP contribution < -0.4 is 10.6 Å². The van der Waals surface area contributed by atoms with Gasteiger partial charge in [0.25, 0.3) is 0 Å². The number of nitrogens with one attached hydrogen (secondary N) is 2. The Hall–Kier alpha value is -2.47. The molecular weight excluding hydrogens is 360 g/mol. The van der Waals surface area contributed by atoms with Crippen LogP contribution in [-0.2, 0) is 9.59 Å². The molecule has 0 aliphatic carbocycles. The summed E-state index contributed by atoms with van der Waals surface area (Å²) in [4.78, 5) is 34.9. The first kappa shape index (κ1) is 16.9. The molecule has 23 heavy (non-hydrogen) atoms. The highest BCUT2D eigenvalue weighted by Crippen LogP contribution is 2.21. The van der Waals surface area contributed by atoms with Gasteiger partial charge in [0.2, 0.25) is 11.8 Å². The van der Waals surface area contributed by atoms with Crippen molar-refractivity contribution in [2.75, 3.05) is 10.6 Å². The average Bonchev–Trinajstić information content (AvgIpc) is 2.50. The van der Waals surface area contributed by atoms with E-state index in [-0.39, 0.29) is 12.2 Å². The molecule has 0 saturated carbocycles. The second kappa shape index (κ2) is 7.69. The van der Waals surface area contributed by atoms with E-state index < -0.39 is 11.8 Å². The molecule has 0 atom stereocenters. The molecule has 2 rings (SSSR count). The Morgan fingerprint density at radius 2 is 1.52 bits per heavy atom. The summed E-state index contributed by atoms with van der Waals surface area (Å²) >= 11 is 3.32. The zero-order valence-electron chi connectivity index (χ0n) is 12.4. The smallest absolute Gasteiger partial charge is 0.233 e. The van der Waals surface area contributed by atoms with E-state index in [1.54, 1.807) is 42.5 Å². The lowest BCUT2D eigenvalue weighted by Crippen LogP contribution is -2.21. The summed E-state index contributed by atoms with van der Waals surface area (Å²) in [6, 6.07) is 13.7. The van der Waals surface area contributed by atoms with Crippen molar-refractivity contribution in [1.29, 1.82) is 0 Å². The highest BCUT2D eigenvalue weighted by molar-refractivity contribution is 9.10. The van der Waals surface area contributed by atoms with Gasteiger partial charge in [-0.15, -0.1) is 0 Å². The first-order chi connectivity index (χ1) is 11.0. The molecule has 2 amide bonds. The summed E-state index contributed by atoms with van der Waals surface area (Å²) in [5.41, 5.74) is 1.71. The van der Waals surface area contributed by atoms with Crippen LogP contribution >= 0.6 is 15.9 Å². The fraction of sp³-hybridized carbons (Fsp3) is 0.118. The van der Waals surface area contributed by atoms with E-state index in [0.717, 1.165) is 4.47 Å². The van der Waals surface area contributed by atoms with Crippen LogP contribution in [0.3, 0.4) is 0 Å². The lowest BCUT2D eigenvalue weighted by Gasteiger charge is -2.08. The van der Waals surface area contributed by atoms with Gasteiger partial charge in [-0.25, -0.2) is 0 Å². The minimum Gasteiger partial charge on any atom is -0.326 e. The zero-order valence-corrected chi connectivity index (χ0v) is 14.0. The second-order valence-corrected chi connectivity index (χ2v) is 5.74. The standard InChI is InChI=1S/C17H15BrN2O3/c1-11(21)12-6-8-13(9-7-12)19-16(22)10-17(23)20-15-5-3-2-4-14(15)18/h2-9H,10H2,1H3,(H,19,22)(H,20,23). The number of halogens is 1. The van der Waals surface area contributed by atoms with Crippen molar-refractivity contribution in [3.63, 3.8) is 0 Å². The zero-order chi connectivity index (χ0) is 16.8. The number of Topliss-reactive ketones (excluding diaryl/α,β-unsaturated/α-hetero) is 1. The van der Waals surface area contributed by atoms with Gasteiger partial charge >= 0.3 is 0 Å². The fourth-order valence-corrected chi connectivity index (χ4v) is 2.28. The Morgan fingerprint density at radius 1 is 0.913 bits per heavy atom. The van der Waals surface area contributed by atoms with Gasteiger partial charge in [-0.05, 0) is 59.3 Å². The minimum atomic E-state index is -0.426. The number of para-hydroxylation sites is 1. The van der Waals surface area contributed by atoms with E-state index in [1.165, 1.54) is 6.92 Å². The van der Waals surface area contributed by atoms with Crippen LogP contribution in [0.4, 0.5) is 11.4 Å². The summed E-state index contributed by atoms with van der Waals surface area (Å²) in [6.07, 6.45) is -0.296. The number of hydrogen-bond donors (Lipinski definition) is 2. The molecule has 0 aliphatic heterocycles. The molecule has 5 nitrogen and oxygen atoms in total. The second-order valence-electron chi connectivity index (χ2n) is 4.89. The van der Waals surface area contributed by atoms with E-state index in [9.17, 15) is 14.4 Å². The molecule has 0 spiro atoms. The molecule has 2 aromatic rings. The normalized spacial score (nSPS) is 10.0. The Kier molecular flexibility index (Phi) is 5.65. The Labute approximate surface area is 142 Å². The number of benzene rings is 2. The topological polar surface area (TPSA) is 75.3 Å². The molecule has 0 fully saturated rings. The van der Waals surface area contributed by atoms with Gasteiger partial charge in [-0.1, -0.05) is 12.1 Å². The van der Waals surface area contributed by atoms with Crippen LogP contribution in [0.5, 0.6) is 0 Å². The molecule has 0 unspecified atom stereocenters. The van der Waals surface area contributed by atoms with Gasteiger partial charge in [0.15, 0.2) is 5.78 Å². The predicted molar refractivity (Wildman–Crippen MR) is 92.5 cm³/mol. The number of hydrogen-bond acceptors (Lipinski definition) is 3. The van der Waals surface area contributed by atoms with Crippen molar-refractivity contribution in [1.82, 2.24) is 0 Å². The first-order valence-corrected chi connectivity index (χ1v) is 7.70. The number of anilines is 2. The van der Waals surface area contributed by atoms with Crippen LogP contribution in [0, 0.1) is 0 Å². The maximum atomic E-state index is 11.9. The highest BCUT2D eigenvalue weighted by Gasteiger charge is 2.11. The molecule has 0 radical (unpaired) electrons. The predicted octanol–water partition coefficient (Wildman–Crippen LogP) is 3.62. The first-order valence-electron chi connectivity index (χ1n) is 6.91. The van der Waals surface area contributed by atoms with Crippen LogP contribution in [0.1, 0.15) is 23.7 Å². The van der Waals surface area contributed by atoms with Gasteiger partial charge < -0.3 is 10.6 Å². The number of carbonyl (C=O) groups excluding carboxylic acids is 3. The summed E-state index contributed by atoms with van der Waals surface area (Å²) < 4.78 is 0.744. The van der Waals surface area contributed by atoms with Crippen molar-refractivity contribution < 1.29 is 14.4 Å². The molecule has 2 aromatic carbocycles. The maximum absolute atomic E-state index is 11.9.